The standard InChI is InChI=1S/C29H26Cl2FN13O11S3/c1-3-57(49,50)14-6-4-13(5-7-14)35-28-41-26(32)40-27(42-28)34-8-9-45-22(47)19(21(33)46)12(2)20(23(45)48)44-43-16-10-15(36-29-38-24(30)37-25(31)39-29)17(58(51,52)53)11-18(16)59(54,55)56/h3-7,10-11,47,51-53H,1,8-9H2,2H3,(H2,33,46)(H,54,55,56)(H,36,37,38,39)(H2,34,35,40,41,42). The van der Waals surface area contributed by atoms with Gasteiger partial charge in [-0.05, 0) is 66.5 Å². The summed E-state index contributed by atoms with van der Waals surface area (Å²) in [6, 6.07) is 6.35. The van der Waals surface area contributed by atoms with Crippen LogP contribution in [0.3, 0.4) is 0 Å². The molecule has 0 unspecified atom stereocenters. The number of nitrogens with zero attached hydrogens (tertiary/aromatic N) is 9. The van der Waals surface area contributed by atoms with E-state index in [9.17, 15) is 54.1 Å². The van der Waals surface area contributed by atoms with Gasteiger partial charge in [0, 0.05) is 29.7 Å². The normalized spacial score (nSPS) is 12.3. The highest BCUT2D eigenvalue weighted by Gasteiger charge is 2.29. The van der Waals surface area contributed by atoms with Crippen molar-refractivity contribution < 1.29 is 49.3 Å². The van der Waals surface area contributed by atoms with Gasteiger partial charge in [0.25, 0.3) is 21.6 Å². The zero-order chi connectivity index (χ0) is 43.6. The van der Waals surface area contributed by atoms with Crippen LogP contribution in [0, 0.1) is 13.0 Å². The first-order chi connectivity index (χ1) is 27.5. The number of amides is 1. The molecule has 3 aromatic heterocycles. The first-order valence-corrected chi connectivity index (χ1v) is 20.8. The fourth-order valence-electron chi connectivity index (χ4n) is 4.91. The predicted octanol–water partition coefficient (Wildman–Crippen LogP) is 4.54. The van der Waals surface area contributed by atoms with Crippen LogP contribution in [0.25, 0.3) is 0 Å². The number of aromatic hydroxyl groups is 1. The van der Waals surface area contributed by atoms with E-state index in [1.54, 1.807) is 0 Å². The zero-order valence-electron chi connectivity index (χ0n) is 29.3. The highest BCUT2D eigenvalue weighted by atomic mass is 35.5. The number of rotatable bonds is 15. The molecule has 59 heavy (non-hydrogen) atoms. The molecule has 3 heterocycles. The quantitative estimate of drug-likeness (QED) is 0.0514. The minimum atomic E-state index is -5.31. The van der Waals surface area contributed by atoms with E-state index in [-0.39, 0.29) is 34.6 Å². The van der Waals surface area contributed by atoms with E-state index < -0.39 is 110 Å². The topological polar surface area (TPSA) is 373 Å². The van der Waals surface area contributed by atoms with E-state index in [0.717, 1.165) is 12.3 Å². The van der Waals surface area contributed by atoms with Crippen molar-refractivity contribution >= 4 is 101 Å². The van der Waals surface area contributed by atoms with Gasteiger partial charge < -0.3 is 40.4 Å². The number of pyridine rings is 1. The molecule has 0 aliphatic rings. The second kappa shape index (κ2) is 17.1. The maximum atomic E-state index is 14.4. The lowest BCUT2D eigenvalue weighted by molar-refractivity contribution is 0.0995. The van der Waals surface area contributed by atoms with Crippen LogP contribution in [0.1, 0.15) is 15.9 Å². The number of azo groups is 1. The number of carbonyl (C=O) groups is 1. The first kappa shape index (κ1) is 44.1. The Balaban J connectivity index is 1.49. The Labute approximate surface area is 342 Å². The van der Waals surface area contributed by atoms with E-state index in [1.807, 2.05) is 0 Å². The van der Waals surface area contributed by atoms with Crippen molar-refractivity contribution in [2.24, 2.45) is 16.0 Å². The number of benzene rings is 2. The van der Waals surface area contributed by atoms with Gasteiger partial charge in [0.15, 0.2) is 15.5 Å². The number of nitrogens with one attached hydrogen (secondary N) is 3. The lowest BCUT2D eigenvalue weighted by Gasteiger charge is -2.23. The van der Waals surface area contributed by atoms with E-state index in [0.29, 0.717) is 16.7 Å². The van der Waals surface area contributed by atoms with Crippen molar-refractivity contribution in [2.45, 2.75) is 28.2 Å². The van der Waals surface area contributed by atoms with Gasteiger partial charge in [-0.25, -0.2) is 8.42 Å². The Kier molecular flexibility index (Phi) is 12.8. The SMILES string of the molecule is C=CS(=O)(=O)c1ccc(Nc2nc(F)nc(NCCn3c(O)c(C(N)=O)c(C)c(N=Nc4cc(Nc5nc(Cl)nc(Cl)n5)c(S(O)(O)O)cc4S(=O)(=O)O)c3=O)n2)cc1. The summed E-state index contributed by atoms with van der Waals surface area (Å²) >= 11 is 11.6. The van der Waals surface area contributed by atoms with Crippen molar-refractivity contribution in [3.05, 3.63) is 86.5 Å². The molecule has 0 radical (unpaired) electrons. The van der Waals surface area contributed by atoms with Crippen molar-refractivity contribution in [3.8, 4) is 5.88 Å². The van der Waals surface area contributed by atoms with Gasteiger partial charge in [0.05, 0.1) is 15.5 Å². The average Bonchev–Trinajstić information content (AvgIpc) is 3.11. The number of sulfone groups is 1. The molecule has 0 saturated heterocycles. The van der Waals surface area contributed by atoms with Crippen LogP contribution in [-0.2, 0) is 26.5 Å². The average molecular weight is 919 g/mol. The summed E-state index contributed by atoms with van der Waals surface area (Å²) < 4.78 is 104. The minimum Gasteiger partial charge on any atom is -0.494 e. The Morgan fingerprint density at radius 3 is 2.10 bits per heavy atom. The molecule has 24 nitrogen and oxygen atoms in total. The van der Waals surface area contributed by atoms with Crippen LogP contribution >= 0.6 is 34.1 Å². The highest BCUT2D eigenvalue weighted by molar-refractivity contribution is 8.19. The summed E-state index contributed by atoms with van der Waals surface area (Å²) in [5.41, 5.74) is 1.54. The molecule has 30 heteroatoms. The summed E-state index contributed by atoms with van der Waals surface area (Å²) in [5.74, 6) is -3.35. The van der Waals surface area contributed by atoms with Gasteiger partial charge in [0.2, 0.25) is 34.3 Å². The number of halogens is 3. The van der Waals surface area contributed by atoms with Crippen LogP contribution in [0.4, 0.5) is 45.0 Å². The van der Waals surface area contributed by atoms with Gasteiger partial charge in [-0.1, -0.05) is 6.58 Å². The van der Waals surface area contributed by atoms with Crippen LogP contribution in [0.15, 0.2) is 78.1 Å². The fourth-order valence-corrected chi connectivity index (χ4v) is 7.37. The minimum absolute atomic E-state index is 0.0567. The molecule has 0 saturated carbocycles. The van der Waals surface area contributed by atoms with E-state index >= 15 is 0 Å². The number of carbonyl (C=O) groups excluding carboxylic acids is 1. The van der Waals surface area contributed by atoms with E-state index in [4.69, 9.17) is 28.9 Å². The number of nitrogens with two attached hydrogens (primary N) is 1. The fraction of sp³-hybridized carbons (Fsp3) is 0.103. The molecule has 10 N–H and O–H groups in total. The largest absolute Gasteiger partial charge is 0.494 e. The van der Waals surface area contributed by atoms with E-state index in [1.165, 1.54) is 24.3 Å². The Morgan fingerprint density at radius 2 is 1.53 bits per heavy atom. The number of anilines is 5. The first-order valence-electron chi connectivity index (χ1n) is 15.6. The van der Waals surface area contributed by atoms with E-state index in [2.05, 4.69) is 62.7 Å². The molecule has 0 atom stereocenters. The van der Waals surface area contributed by atoms with Crippen molar-refractivity contribution in [2.75, 3.05) is 22.5 Å². The lowest BCUT2D eigenvalue weighted by Crippen LogP contribution is -2.28. The molecule has 1 amide bonds. The Bertz CT molecular complexity index is 2810. The lowest BCUT2D eigenvalue weighted by atomic mass is 10.1. The van der Waals surface area contributed by atoms with Gasteiger partial charge in [-0.3, -0.25) is 18.7 Å². The third-order valence-corrected chi connectivity index (χ3v) is 11.0. The number of aromatic nitrogens is 7. The summed E-state index contributed by atoms with van der Waals surface area (Å²) in [4.78, 5) is 46.0. The second-order valence-electron chi connectivity index (χ2n) is 11.4. The molecule has 0 spiro atoms. The summed E-state index contributed by atoms with van der Waals surface area (Å²) in [7, 11) is -13.8. The van der Waals surface area contributed by atoms with Crippen LogP contribution in [0.5, 0.6) is 5.88 Å². The summed E-state index contributed by atoms with van der Waals surface area (Å²) in [6.07, 6.45) is -1.26. The highest BCUT2D eigenvalue weighted by Crippen LogP contribution is 2.51. The number of hydrogen-bond acceptors (Lipinski definition) is 21. The van der Waals surface area contributed by atoms with Crippen LogP contribution < -0.4 is 27.2 Å². The molecular weight excluding hydrogens is 893 g/mol. The molecular formula is C29H26Cl2FN13O11S3. The van der Waals surface area contributed by atoms with Crippen LogP contribution in [0.2, 0.25) is 10.6 Å². The Hall–Kier alpha value is -5.98. The molecule has 5 rings (SSSR count). The smallest absolute Gasteiger partial charge is 0.315 e. The van der Waals surface area contributed by atoms with Gasteiger partial charge in [-0.15, -0.1) is 10.2 Å². The molecule has 2 aromatic carbocycles. The molecule has 0 fully saturated rings. The number of hydrogen-bond donors (Lipinski definition) is 9. The molecule has 0 bridgehead atoms. The predicted molar refractivity (Wildman–Crippen MR) is 208 cm³/mol. The third-order valence-electron chi connectivity index (χ3n) is 7.51. The van der Waals surface area contributed by atoms with Crippen molar-refractivity contribution in [3.63, 3.8) is 0 Å². The molecule has 5 aromatic rings. The summed E-state index contributed by atoms with van der Waals surface area (Å²) in [5, 5.41) is 26.0. The van der Waals surface area contributed by atoms with Crippen molar-refractivity contribution in [1.82, 2.24) is 34.5 Å². The Morgan fingerprint density at radius 1 is 0.915 bits per heavy atom. The molecule has 0 aliphatic carbocycles. The van der Waals surface area contributed by atoms with Gasteiger partial charge >= 0.3 is 6.08 Å². The second-order valence-corrected chi connectivity index (χ2v) is 16.8. The monoisotopic (exact) mass is 917 g/mol. The summed E-state index contributed by atoms with van der Waals surface area (Å²) in [6.45, 7) is 3.51. The molecule has 0 aliphatic heterocycles. The maximum Gasteiger partial charge on any atom is 0.315 e. The van der Waals surface area contributed by atoms with Crippen molar-refractivity contribution in [1.29, 1.82) is 0 Å². The van der Waals surface area contributed by atoms with Gasteiger partial charge in [-0.2, -0.15) is 42.7 Å². The molecule has 312 valence electrons. The zero-order valence-corrected chi connectivity index (χ0v) is 33.3. The number of primary amides is 1. The third kappa shape index (κ3) is 10.4. The van der Waals surface area contributed by atoms with Crippen LogP contribution in [-0.4, -0.2) is 87.1 Å². The maximum absolute atomic E-state index is 14.4. The van der Waals surface area contributed by atoms with Gasteiger partial charge in [0.1, 0.15) is 27.0 Å².